The third kappa shape index (κ3) is 3.54. The maximum Gasteiger partial charge on any atom is 0.337 e. The van der Waals surface area contributed by atoms with Crippen LogP contribution < -0.4 is 10.5 Å². The average Bonchev–Trinajstić information content (AvgIpc) is 2.86. The van der Waals surface area contributed by atoms with Crippen molar-refractivity contribution in [2.24, 2.45) is 4.99 Å². The summed E-state index contributed by atoms with van der Waals surface area (Å²) in [6.45, 7) is 0.0654. The smallest absolute Gasteiger partial charge is 0.263 e. The molecule has 3 aromatic rings. The van der Waals surface area contributed by atoms with E-state index in [0.717, 1.165) is 23.7 Å². The fraction of sp³-hybridized carbons (Fsp3) is 0.0714. The summed E-state index contributed by atoms with van der Waals surface area (Å²) in [5.41, 5.74) is 0.576. The van der Waals surface area contributed by atoms with E-state index in [9.17, 15) is 13.6 Å². The van der Waals surface area contributed by atoms with Crippen LogP contribution in [-0.2, 0) is 6.54 Å². The molecule has 0 saturated heterocycles. The van der Waals surface area contributed by atoms with Crippen LogP contribution >= 0.6 is 23.1 Å². The SMILES string of the molecule is O=c1[nH]sc(=Nc2ccc(Cl)nc2)n1Cc1ccc(F)c(F)c1. The van der Waals surface area contributed by atoms with Crippen LogP contribution in [0.25, 0.3) is 0 Å². The van der Waals surface area contributed by atoms with Crippen molar-refractivity contribution in [1.82, 2.24) is 13.9 Å². The fourth-order valence-electron chi connectivity index (χ4n) is 1.87. The van der Waals surface area contributed by atoms with Gasteiger partial charge in [0.1, 0.15) is 5.15 Å². The summed E-state index contributed by atoms with van der Waals surface area (Å²) in [6.07, 6.45) is 1.47. The molecule has 3 rings (SSSR count). The second kappa shape index (κ2) is 6.43. The topological polar surface area (TPSA) is 63.0 Å². The molecule has 0 aliphatic carbocycles. The zero-order valence-electron chi connectivity index (χ0n) is 11.5. The summed E-state index contributed by atoms with van der Waals surface area (Å²) in [4.78, 5) is 20.5. The van der Waals surface area contributed by atoms with Crippen molar-refractivity contribution in [3.8, 4) is 0 Å². The molecule has 1 aromatic carbocycles. The molecule has 0 aliphatic rings. The number of halogens is 3. The lowest BCUT2D eigenvalue weighted by Gasteiger charge is -2.02. The van der Waals surface area contributed by atoms with Crippen LogP contribution in [0.4, 0.5) is 14.5 Å². The minimum atomic E-state index is -0.963. The number of aromatic amines is 1. The van der Waals surface area contributed by atoms with Crippen LogP contribution in [-0.4, -0.2) is 13.9 Å². The summed E-state index contributed by atoms with van der Waals surface area (Å²) in [6, 6.07) is 6.71. The number of pyridine rings is 1. The van der Waals surface area contributed by atoms with Crippen LogP contribution in [0.1, 0.15) is 5.56 Å². The molecule has 0 bridgehead atoms. The Balaban J connectivity index is 2.00. The van der Waals surface area contributed by atoms with Gasteiger partial charge in [-0.25, -0.2) is 23.6 Å². The Morgan fingerprint density at radius 3 is 2.78 bits per heavy atom. The second-order valence-corrected chi connectivity index (χ2v) is 5.74. The van der Waals surface area contributed by atoms with Gasteiger partial charge in [-0.3, -0.25) is 8.94 Å². The Bertz CT molecular complexity index is 962. The quantitative estimate of drug-likeness (QED) is 0.735. The summed E-state index contributed by atoms with van der Waals surface area (Å²) < 4.78 is 30.1. The Labute approximate surface area is 137 Å². The van der Waals surface area contributed by atoms with Gasteiger partial charge < -0.3 is 0 Å². The highest BCUT2D eigenvalue weighted by Crippen LogP contribution is 2.12. The van der Waals surface area contributed by atoms with Gasteiger partial charge in [-0.05, 0) is 41.4 Å². The summed E-state index contributed by atoms with van der Waals surface area (Å²) in [5.74, 6) is -1.90. The largest absolute Gasteiger partial charge is 0.337 e. The van der Waals surface area contributed by atoms with Crippen molar-refractivity contribution >= 4 is 28.8 Å². The van der Waals surface area contributed by atoms with E-state index in [2.05, 4.69) is 14.3 Å². The number of hydrogen-bond donors (Lipinski definition) is 1. The van der Waals surface area contributed by atoms with E-state index in [1.165, 1.54) is 16.8 Å². The first kappa shape index (κ1) is 15.6. The van der Waals surface area contributed by atoms with E-state index < -0.39 is 11.6 Å². The van der Waals surface area contributed by atoms with Crippen molar-refractivity contribution in [2.45, 2.75) is 6.54 Å². The lowest BCUT2D eigenvalue weighted by molar-refractivity contribution is 0.506. The zero-order valence-corrected chi connectivity index (χ0v) is 13.0. The van der Waals surface area contributed by atoms with Crippen LogP contribution in [0, 0.1) is 11.6 Å². The first-order valence-electron chi connectivity index (χ1n) is 6.41. The third-order valence-electron chi connectivity index (χ3n) is 2.97. The van der Waals surface area contributed by atoms with E-state index in [4.69, 9.17) is 11.6 Å². The maximum absolute atomic E-state index is 13.3. The molecule has 0 saturated carbocycles. The van der Waals surface area contributed by atoms with Crippen LogP contribution in [0.5, 0.6) is 0 Å². The standard InChI is InChI=1S/C14H9ClF2N4OS/c15-12-4-2-9(6-18-12)19-14-21(13(22)20-23-14)7-8-1-3-10(16)11(17)5-8/h1-6H,7H2,(H,20,22). The highest BCUT2D eigenvalue weighted by Gasteiger charge is 2.07. The normalized spacial score (nSPS) is 11.9. The predicted octanol–water partition coefficient (Wildman–Crippen LogP) is 2.85. The number of nitrogens with zero attached hydrogens (tertiary/aromatic N) is 3. The molecule has 0 aliphatic heterocycles. The molecule has 2 heterocycles. The van der Waals surface area contributed by atoms with Gasteiger partial charge >= 0.3 is 5.69 Å². The van der Waals surface area contributed by atoms with Crippen LogP contribution in [0.3, 0.4) is 0 Å². The highest BCUT2D eigenvalue weighted by molar-refractivity contribution is 7.02. The minimum Gasteiger partial charge on any atom is -0.263 e. The molecule has 23 heavy (non-hydrogen) atoms. The van der Waals surface area contributed by atoms with Crippen molar-refractivity contribution in [3.63, 3.8) is 0 Å². The molecule has 118 valence electrons. The Hall–Kier alpha value is -2.32. The van der Waals surface area contributed by atoms with Gasteiger partial charge in [0.05, 0.1) is 18.4 Å². The molecule has 2 aromatic heterocycles. The van der Waals surface area contributed by atoms with Crippen molar-refractivity contribution in [1.29, 1.82) is 0 Å². The number of nitrogens with one attached hydrogen (secondary N) is 1. The van der Waals surface area contributed by atoms with Gasteiger partial charge in [0, 0.05) is 0 Å². The van der Waals surface area contributed by atoms with Gasteiger partial charge in [-0.15, -0.1) is 0 Å². The van der Waals surface area contributed by atoms with Crippen LogP contribution in [0.15, 0.2) is 46.3 Å². The van der Waals surface area contributed by atoms with E-state index in [0.29, 0.717) is 21.2 Å². The van der Waals surface area contributed by atoms with E-state index in [-0.39, 0.29) is 12.2 Å². The monoisotopic (exact) mass is 354 g/mol. The Morgan fingerprint density at radius 2 is 2.09 bits per heavy atom. The molecule has 0 spiro atoms. The van der Waals surface area contributed by atoms with Gasteiger partial charge in [0.25, 0.3) is 0 Å². The average molecular weight is 355 g/mol. The summed E-state index contributed by atoms with van der Waals surface area (Å²) in [5, 5.41) is 0.334. The summed E-state index contributed by atoms with van der Waals surface area (Å²) in [7, 11) is 0. The van der Waals surface area contributed by atoms with Gasteiger partial charge in [-0.1, -0.05) is 17.7 Å². The van der Waals surface area contributed by atoms with Gasteiger partial charge in [0.15, 0.2) is 11.6 Å². The van der Waals surface area contributed by atoms with Crippen molar-refractivity contribution < 1.29 is 8.78 Å². The second-order valence-electron chi connectivity index (χ2n) is 4.58. The number of rotatable bonds is 3. The molecular formula is C14H9ClF2N4OS. The molecule has 5 nitrogen and oxygen atoms in total. The number of hydrogen-bond acceptors (Lipinski definition) is 4. The molecule has 9 heteroatoms. The maximum atomic E-state index is 13.3. The molecule has 1 N–H and O–H groups in total. The molecule has 0 atom stereocenters. The molecular weight excluding hydrogens is 346 g/mol. The van der Waals surface area contributed by atoms with Gasteiger partial charge in [-0.2, -0.15) is 0 Å². The highest BCUT2D eigenvalue weighted by atomic mass is 35.5. The number of aromatic nitrogens is 3. The minimum absolute atomic E-state index is 0.0654. The first-order valence-corrected chi connectivity index (χ1v) is 7.61. The number of H-pyrrole nitrogens is 1. The lowest BCUT2D eigenvalue weighted by atomic mass is 10.2. The van der Waals surface area contributed by atoms with E-state index >= 15 is 0 Å². The molecule has 0 amide bonds. The van der Waals surface area contributed by atoms with Crippen LogP contribution in [0.2, 0.25) is 5.15 Å². The molecule has 0 radical (unpaired) electrons. The first-order chi connectivity index (χ1) is 11.0. The predicted molar refractivity (Wildman–Crippen MR) is 82.9 cm³/mol. The fourth-order valence-corrected chi connectivity index (χ4v) is 2.68. The summed E-state index contributed by atoms with van der Waals surface area (Å²) >= 11 is 6.74. The Kier molecular flexibility index (Phi) is 4.35. The van der Waals surface area contributed by atoms with Crippen molar-refractivity contribution in [3.05, 3.63) is 74.2 Å². The van der Waals surface area contributed by atoms with Gasteiger partial charge in [0.2, 0.25) is 4.80 Å². The molecule has 0 unspecified atom stereocenters. The zero-order chi connectivity index (χ0) is 16.4. The molecule has 0 fully saturated rings. The van der Waals surface area contributed by atoms with E-state index in [1.54, 1.807) is 12.1 Å². The number of benzene rings is 1. The lowest BCUT2D eigenvalue weighted by Crippen LogP contribution is -2.27. The third-order valence-corrected chi connectivity index (χ3v) is 3.96. The van der Waals surface area contributed by atoms with Crippen molar-refractivity contribution in [2.75, 3.05) is 0 Å². The van der Waals surface area contributed by atoms with E-state index in [1.807, 2.05) is 0 Å². The Morgan fingerprint density at radius 1 is 1.26 bits per heavy atom.